The number of aromatic amines is 1. The average molecular weight is 350 g/mol. The normalized spacial score (nSPS) is 10.7. The molecule has 0 radical (unpaired) electrons. The van der Waals surface area contributed by atoms with Gasteiger partial charge in [-0.25, -0.2) is 4.98 Å². The first-order valence-corrected chi connectivity index (χ1v) is 8.20. The first-order chi connectivity index (χ1) is 12.4. The fourth-order valence-electron chi connectivity index (χ4n) is 2.72. The minimum absolute atomic E-state index is 0.0400. The third-order valence-electron chi connectivity index (χ3n) is 4.04. The predicted molar refractivity (Wildman–Crippen MR) is 99.3 cm³/mol. The maximum Gasteiger partial charge on any atom is 0.256 e. The van der Waals surface area contributed by atoms with Gasteiger partial charge in [-0.15, -0.1) is 0 Å². The van der Waals surface area contributed by atoms with Crippen LogP contribution in [0.15, 0.2) is 35.4 Å². The third kappa shape index (κ3) is 3.37. The van der Waals surface area contributed by atoms with Crippen molar-refractivity contribution in [3.63, 3.8) is 0 Å². The predicted octanol–water partition coefficient (Wildman–Crippen LogP) is 2.84. The fraction of sp³-hybridized carbons (Fsp3) is 0.211. The van der Waals surface area contributed by atoms with E-state index >= 15 is 0 Å². The molecule has 132 valence electrons. The van der Waals surface area contributed by atoms with Crippen LogP contribution in [0.2, 0.25) is 0 Å². The van der Waals surface area contributed by atoms with E-state index in [0.29, 0.717) is 34.6 Å². The number of nitrogens with one attached hydrogen (secondary N) is 2. The number of Topliss-reactive ketones (excluding diaryl/α,β-unsaturated/α-hetero) is 1. The molecule has 7 heteroatoms. The van der Waals surface area contributed by atoms with Gasteiger partial charge in [0.15, 0.2) is 5.78 Å². The van der Waals surface area contributed by atoms with Crippen molar-refractivity contribution in [2.24, 2.45) is 0 Å². The highest BCUT2D eigenvalue weighted by molar-refractivity contribution is 5.95. The Morgan fingerprint density at radius 1 is 1.12 bits per heavy atom. The number of amides is 1. The number of carbonyl (C=O) groups is 2. The molecule has 3 rings (SSSR count). The second kappa shape index (κ2) is 6.87. The number of pyridine rings is 3. The molecule has 0 aromatic carbocycles. The number of fused-ring (bicyclic) bond motifs is 1. The van der Waals surface area contributed by atoms with Crippen LogP contribution in [0.3, 0.4) is 0 Å². The van der Waals surface area contributed by atoms with Crippen molar-refractivity contribution in [1.29, 1.82) is 0 Å². The highest BCUT2D eigenvalue weighted by Gasteiger charge is 2.13. The Balaban J connectivity index is 2.08. The summed E-state index contributed by atoms with van der Waals surface area (Å²) < 4.78 is 0. The molecule has 0 saturated heterocycles. The molecule has 0 aliphatic carbocycles. The van der Waals surface area contributed by atoms with E-state index in [-0.39, 0.29) is 17.2 Å². The average Bonchev–Trinajstić information content (AvgIpc) is 2.60. The summed E-state index contributed by atoms with van der Waals surface area (Å²) in [6, 6.07) is 5.03. The van der Waals surface area contributed by atoms with Crippen molar-refractivity contribution >= 4 is 28.4 Å². The highest BCUT2D eigenvalue weighted by Crippen LogP contribution is 2.23. The Kier molecular flexibility index (Phi) is 4.62. The van der Waals surface area contributed by atoms with Crippen LogP contribution in [-0.4, -0.2) is 26.6 Å². The maximum absolute atomic E-state index is 12.5. The van der Waals surface area contributed by atoms with Gasteiger partial charge in [-0.3, -0.25) is 19.4 Å². The first-order valence-electron chi connectivity index (χ1n) is 8.20. The zero-order valence-corrected chi connectivity index (χ0v) is 14.7. The van der Waals surface area contributed by atoms with Gasteiger partial charge in [0, 0.05) is 48.3 Å². The Bertz CT molecular complexity index is 1090. The number of anilines is 1. The fourth-order valence-corrected chi connectivity index (χ4v) is 2.72. The number of aromatic nitrogens is 3. The molecular formula is C19H18N4O3. The number of H-pyrrole nitrogens is 1. The number of hydrogen-bond donors (Lipinski definition) is 2. The number of hydrogen-bond acceptors (Lipinski definition) is 5. The molecule has 1 amide bonds. The molecule has 0 aliphatic rings. The van der Waals surface area contributed by atoms with Crippen LogP contribution in [0.4, 0.5) is 5.82 Å². The van der Waals surface area contributed by atoms with Gasteiger partial charge in [-0.05, 0) is 24.6 Å². The molecule has 0 fully saturated rings. The summed E-state index contributed by atoms with van der Waals surface area (Å²) in [6.45, 7) is 5.01. The van der Waals surface area contributed by atoms with Crippen LogP contribution < -0.4 is 10.9 Å². The van der Waals surface area contributed by atoms with Gasteiger partial charge >= 0.3 is 0 Å². The van der Waals surface area contributed by atoms with E-state index in [0.717, 1.165) is 10.9 Å². The second-order valence-corrected chi connectivity index (χ2v) is 6.01. The summed E-state index contributed by atoms with van der Waals surface area (Å²) in [7, 11) is 0. The summed E-state index contributed by atoms with van der Waals surface area (Å²) >= 11 is 0. The van der Waals surface area contributed by atoms with E-state index in [4.69, 9.17) is 0 Å². The van der Waals surface area contributed by atoms with Gasteiger partial charge in [0.05, 0.1) is 5.52 Å². The molecule has 0 aliphatic heterocycles. The lowest BCUT2D eigenvalue weighted by Crippen LogP contribution is -2.12. The summed E-state index contributed by atoms with van der Waals surface area (Å²) in [6.07, 6.45) is 3.51. The maximum atomic E-state index is 12.5. The third-order valence-corrected chi connectivity index (χ3v) is 4.04. The van der Waals surface area contributed by atoms with Gasteiger partial charge < -0.3 is 10.3 Å². The highest BCUT2D eigenvalue weighted by atomic mass is 16.1. The van der Waals surface area contributed by atoms with Crippen molar-refractivity contribution in [1.82, 2.24) is 15.0 Å². The molecule has 3 aromatic rings. The number of ketones is 1. The number of carbonyl (C=O) groups excluding carboxylic acids is 2. The van der Waals surface area contributed by atoms with E-state index in [1.54, 1.807) is 37.5 Å². The van der Waals surface area contributed by atoms with Gasteiger partial charge in [0.2, 0.25) is 5.91 Å². The summed E-state index contributed by atoms with van der Waals surface area (Å²) in [4.78, 5) is 46.6. The van der Waals surface area contributed by atoms with Crippen molar-refractivity contribution in [2.75, 3.05) is 5.32 Å². The molecule has 0 saturated carbocycles. The monoisotopic (exact) mass is 350 g/mol. The van der Waals surface area contributed by atoms with Crippen LogP contribution in [-0.2, 0) is 4.79 Å². The van der Waals surface area contributed by atoms with E-state index in [1.165, 1.54) is 6.92 Å². The molecule has 0 unspecified atom stereocenters. The molecule has 2 N–H and O–H groups in total. The van der Waals surface area contributed by atoms with E-state index in [1.807, 2.05) is 6.92 Å². The second-order valence-electron chi connectivity index (χ2n) is 6.01. The Hall–Kier alpha value is -3.35. The lowest BCUT2D eigenvalue weighted by atomic mass is 10.0. The topological polar surface area (TPSA) is 105 Å². The quantitative estimate of drug-likeness (QED) is 0.704. The first kappa shape index (κ1) is 17.5. The minimum atomic E-state index is -0.281. The smallest absolute Gasteiger partial charge is 0.256 e. The lowest BCUT2D eigenvalue weighted by Gasteiger charge is -2.09. The van der Waals surface area contributed by atoms with Gasteiger partial charge in [0.1, 0.15) is 11.5 Å². The Morgan fingerprint density at radius 3 is 2.54 bits per heavy atom. The van der Waals surface area contributed by atoms with Crippen LogP contribution in [0, 0.1) is 6.92 Å². The Morgan fingerprint density at radius 2 is 1.88 bits per heavy atom. The minimum Gasteiger partial charge on any atom is -0.321 e. The van der Waals surface area contributed by atoms with Crippen molar-refractivity contribution in [3.05, 3.63) is 52.2 Å². The molecule has 0 atom stereocenters. The molecule has 3 aromatic heterocycles. The standard InChI is InChI=1S/C19H18N4O3/c1-4-17(25)16-5-10(2)14(9-20-16)13-6-12-8-21-18(22-11(3)24)7-15(12)23-19(13)26/h5-9H,4H2,1-3H3,(H,23,26)(H,21,22,24). The number of nitrogens with zero attached hydrogens (tertiary/aromatic N) is 2. The molecule has 7 nitrogen and oxygen atoms in total. The van der Waals surface area contributed by atoms with Gasteiger partial charge in [0.25, 0.3) is 5.56 Å². The lowest BCUT2D eigenvalue weighted by molar-refractivity contribution is -0.114. The zero-order valence-electron chi connectivity index (χ0n) is 14.7. The molecular weight excluding hydrogens is 332 g/mol. The van der Waals surface area contributed by atoms with E-state index in [9.17, 15) is 14.4 Å². The number of rotatable bonds is 4. The molecule has 3 heterocycles. The van der Waals surface area contributed by atoms with Gasteiger partial charge in [-0.1, -0.05) is 6.92 Å². The van der Waals surface area contributed by atoms with Crippen molar-refractivity contribution < 1.29 is 9.59 Å². The van der Waals surface area contributed by atoms with Crippen molar-refractivity contribution in [2.45, 2.75) is 27.2 Å². The molecule has 0 spiro atoms. The largest absolute Gasteiger partial charge is 0.321 e. The van der Waals surface area contributed by atoms with E-state index < -0.39 is 0 Å². The van der Waals surface area contributed by atoms with Gasteiger partial charge in [-0.2, -0.15) is 0 Å². The van der Waals surface area contributed by atoms with Crippen LogP contribution in [0.25, 0.3) is 22.0 Å². The summed E-state index contributed by atoms with van der Waals surface area (Å²) in [5.41, 5.74) is 2.59. The van der Waals surface area contributed by atoms with E-state index in [2.05, 4.69) is 20.3 Å². The molecule has 26 heavy (non-hydrogen) atoms. The summed E-state index contributed by atoms with van der Waals surface area (Å²) in [5, 5.41) is 3.30. The van der Waals surface area contributed by atoms with Crippen LogP contribution >= 0.6 is 0 Å². The zero-order chi connectivity index (χ0) is 18.8. The SMILES string of the molecule is CCC(=O)c1cc(C)c(-c2cc3cnc(NC(C)=O)cc3[nH]c2=O)cn1. The number of aryl methyl sites for hydroxylation is 1. The summed E-state index contributed by atoms with van der Waals surface area (Å²) in [5.74, 6) is 0.0923. The van der Waals surface area contributed by atoms with Crippen LogP contribution in [0.1, 0.15) is 36.3 Å². The Labute approximate surface area is 149 Å². The molecule has 0 bridgehead atoms. The van der Waals surface area contributed by atoms with Crippen LogP contribution in [0.5, 0.6) is 0 Å². The van der Waals surface area contributed by atoms with Crippen molar-refractivity contribution in [3.8, 4) is 11.1 Å².